The van der Waals surface area contributed by atoms with E-state index >= 15 is 0 Å². The van der Waals surface area contributed by atoms with Gasteiger partial charge in [0.15, 0.2) is 0 Å². The average Bonchev–Trinajstić information content (AvgIpc) is 2.80. The van der Waals surface area contributed by atoms with Crippen molar-refractivity contribution in [3.8, 4) is 0 Å². The number of hydrogen-bond donors (Lipinski definition) is 2. The maximum absolute atomic E-state index is 11.5. The molecule has 0 radical (unpaired) electrons. The lowest BCUT2D eigenvalue weighted by Gasteiger charge is -2.04. The Kier molecular flexibility index (Phi) is 3.92. The minimum atomic E-state index is -3.36. The van der Waals surface area contributed by atoms with Gasteiger partial charge in [0.05, 0.1) is 17.5 Å². The van der Waals surface area contributed by atoms with Crippen LogP contribution in [0.1, 0.15) is 11.4 Å². The lowest BCUT2D eigenvalue weighted by molar-refractivity contribution is 0.607. The number of nitrogens with one attached hydrogen (secondary N) is 2. The van der Waals surface area contributed by atoms with E-state index < -0.39 is 10.0 Å². The van der Waals surface area contributed by atoms with Crippen molar-refractivity contribution in [2.24, 2.45) is 0 Å². The molecule has 3 rings (SSSR count). The molecule has 2 aromatic carbocycles. The summed E-state index contributed by atoms with van der Waals surface area (Å²) in [4.78, 5) is 7.77. The maximum atomic E-state index is 11.5. The smallest absolute Gasteiger partial charge is 0.229 e. The van der Waals surface area contributed by atoms with E-state index in [0.717, 1.165) is 27.6 Å². The molecular formula is C15H14BrN3O2S. The summed E-state index contributed by atoms with van der Waals surface area (Å²) in [6.45, 7) is 0. The Morgan fingerprint density at radius 2 is 1.95 bits per heavy atom. The zero-order chi connectivity index (χ0) is 15.7. The molecule has 0 spiro atoms. The molecule has 0 saturated heterocycles. The van der Waals surface area contributed by atoms with Crippen molar-refractivity contribution in [1.29, 1.82) is 0 Å². The molecule has 0 aliphatic heterocycles. The molecule has 0 fully saturated rings. The van der Waals surface area contributed by atoms with Gasteiger partial charge >= 0.3 is 0 Å². The van der Waals surface area contributed by atoms with E-state index in [9.17, 15) is 8.42 Å². The van der Waals surface area contributed by atoms with Crippen molar-refractivity contribution in [3.05, 3.63) is 58.3 Å². The monoisotopic (exact) mass is 379 g/mol. The fraction of sp³-hybridized carbons (Fsp3) is 0.133. The Morgan fingerprint density at radius 3 is 2.64 bits per heavy atom. The summed E-state index contributed by atoms with van der Waals surface area (Å²) in [6.07, 6.45) is 1.78. The Labute approximate surface area is 137 Å². The van der Waals surface area contributed by atoms with Crippen LogP contribution in [0.15, 0.2) is 46.9 Å². The number of benzene rings is 2. The van der Waals surface area contributed by atoms with E-state index in [1.165, 1.54) is 0 Å². The SMILES string of the molecule is CS(=O)(=O)Nc1cc(Br)cc2[nH]c(Cc3ccccc3)nc12. The zero-order valence-corrected chi connectivity index (χ0v) is 14.2. The normalized spacial score (nSPS) is 11.7. The van der Waals surface area contributed by atoms with Gasteiger partial charge in [-0.2, -0.15) is 0 Å². The van der Waals surface area contributed by atoms with Gasteiger partial charge in [0, 0.05) is 10.9 Å². The summed E-state index contributed by atoms with van der Waals surface area (Å²) in [5.74, 6) is 0.788. The summed E-state index contributed by atoms with van der Waals surface area (Å²) in [5.41, 5.74) is 2.99. The number of aromatic nitrogens is 2. The third-order valence-electron chi connectivity index (χ3n) is 3.11. The minimum absolute atomic E-state index is 0.461. The van der Waals surface area contributed by atoms with E-state index in [1.807, 2.05) is 36.4 Å². The molecule has 0 atom stereocenters. The van der Waals surface area contributed by atoms with Crippen LogP contribution in [0.25, 0.3) is 11.0 Å². The fourth-order valence-electron chi connectivity index (χ4n) is 2.28. The predicted octanol–water partition coefficient (Wildman–Crippen LogP) is 3.29. The second-order valence-corrected chi connectivity index (χ2v) is 7.73. The van der Waals surface area contributed by atoms with Gasteiger partial charge in [-0.25, -0.2) is 13.4 Å². The molecule has 1 aromatic heterocycles. The Hall–Kier alpha value is -1.86. The number of hydrogen-bond acceptors (Lipinski definition) is 3. The standard InChI is InChI=1S/C15H14BrN3O2S/c1-22(20,21)19-13-9-11(16)8-12-15(13)18-14(17-12)7-10-5-3-2-4-6-10/h2-6,8-9,19H,7H2,1H3,(H,17,18). The van der Waals surface area contributed by atoms with Crippen LogP contribution < -0.4 is 4.72 Å². The van der Waals surface area contributed by atoms with E-state index in [2.05, 4.69) is 30.6 Å². The lowest BCUT2D eigenvalue weighted by Crippen LogP contribution is -2.09. The summed E-state index contributed by atoms with van der Waals surface area (Å²) in [5, 5.41) is 0. The number of halogens is 1. The van der Waals surface area contributed by atoms with E-state index in [4.69, 9.17) is 0 Å². The Morgan fingerprint density at radius 1 is 1.23 bits per heavy atom. The quantitative estimate of drug-likeness (QED) is 0.730. The maximum Gasteiger partial charge on any atom is 0.229 e. The Balaban J connectivity index is 2.03. The van der Waals surface area contributed by atoms with E-state index in [1.54, 1.807) is 6.07 Å². The molecule has 7 heteroatoms. The summed E-state index contributed by atoms with van der Waals surface area (Å²) in [6, 6.07) is 13.6. The second kappa shape index (κ2) is 5.73. The average molecular weight is 380 g/mol. The topological polar surface area (TPSA) is 74.8 Å². The molecular weight excluding hydrogens is 366 g/mol. The molecule has 0 unspecified atom stereocenters. The lowest BCUT2D eigenvalue weighted by atomic mass is 10.1. The highest BCUT2D eigenvalue weighted by Gasteiger charge is 2.12. The number of aromatic amines is 1. The molecule has 0 amide bonds. The van der Waals surface area contributed by atoms with Crippen molar-refractivity contribution in [2.75, 3.05) is 11.0 Å². The number of nitrogens with zero attached hydrogens (tertiary/aromatic N) is 1. The van der Waals surface area contributed by atoms with Crippen LogP contribution in [0.3, 0.4) is 0 Å². The molecule has 5 nitrogen and oxygen atoms in total. The number of anilines is 1. The molecule has 1 heterocycles. The van der Waals surface area contributed by atoms with Crippen molar-refractivity contribution in [3.63, 3.8) is 0 Å². The number of sulfonamides is 1. The van der Waals surface area contributed by atoms with E-state index in [-0.39, 0.29) is 0 Å². The number of imidazole rings is 1. The van der Waals surface area contributed by atoms with Gasteiger partial charge in [-0.15, -0.1) is 0 Å². The Bertz CT molecular complexity index is 921. The van der Waals surface area contributed by atoms with Crippen molar-refractivity contribution in [1.82, 2.24) is 9.97 Å². The summed E-state index contributed by atoms with van der Waals surface area (Å²) < 4.78 is 26.3. The molecule has 0 aliphatic rings. The summed E-state index contributed by atoms with van der Waals surface area (Å²) >= 11 is 3.38. The first-order valence-corrected chi connectivity index (χ1v) is 9.29. The molecule has 3 aromatic rings. The fourth-order valence-corrected chi connectivity index (χ4v) is 3.30. The van der Waals surface area contributed by atoms with Crippen LogP contribution in [-0.4, -0.2) is 24.6 Å². The minimum Gasteiger partial charge on any atom is -0.342 e. The van der Waals surface area contributed by atoms with Gasteiger partial charge in [-0.05, 0) is 17.7 Å². The van der Waals surface area contributed by atoms with Gasteiger partial charge < -0.3 is 4.98 Å². The molecule has 114 valence electrons. The van der Waals surface area contributed by atoms with Crippen LogP contribution in [0.4, 0.5) is 5.69 Å². The van der Waals surface area contributed by atoms with Crippen LogP contribution >= 0.6 is 15.9 Å². The molecule has 0 bridgehead atoms. The highest BCUT2D eigenvalue weighted by molar-refractivity contribution is 9.10. The number of fused-ring (bicyclic) bond motifs is 1. The van der Waals surface area contributed by atoms with Crippen LogP contribution in [0.2, 0.25) is 0 Å². The van der Waals surface area contributed by atoms with Gasteiger partial charge in [-0.3, -0.25) is 4.72 Å². The van der Waals surface area contributed by atoms with E-state index in [0.29, 0.717) is 17.6 Å². The van der Waals surface area contributed by atoms with Gasteiger partial charge in [0.1, 0.15) is 11.3 Å². The van der Waals surface area contributed by atoms with Crippen LogP contribution in [0, 0.1) is 0 Å². The van der Waals surface area contributed by atoms with Crippen molar-refractivity contribution in [2.45, 2.75) is 6.42 Å². The van der Waals surface area contributed by atoms with Crippen LogP contribution in [0.5, 0.6) is 0 Å². The molecule has 0 aliphatic carbocycles. The van der Waals surface area contributed by atoms with Crippen molar-refractivity contribution < 1.29 is 8.42 Å². The first kappa shape index (κ1) is 15.1. The molecule has 0 saturated carbocycles. The summed E-state index contributed by atoms with van der Waals surface area (Å²) in [7, 11) is -3.36. The van der Waals surface area contributed by atoms with Crippen molar-refractivity contribution >= 4 is 42.7 Å². The largest absolute Gasteiger partial charge is 0.342 e. The molecule has 22 heavy (non-hydrogen) atoms. The molecule has 2 N–H and O–H groups in total. The van der Waals surface area contributed by atoms with Gasteiger partial charge in [0.25, 0.3) is 0 Å². The van der Waals surface area contributed by atoms with Gasteiger partial charge in [-0.1, -0.05) is 46.3 Å². The zero-order valence-electron chi connectivity index (χ0n) is 11.8. The highest BCUT2D eigenvalue weighted by atomic mass is 79.9. The van der Waals surface area contributed by atoms with Gasteiger partial charge in [0.2, 0.25) is 10.0 Å². The number of H-pyrrole nitrogens is 1. The first-order valence-electron chi connectivity index (χ1n) is 6.60. The third-order valence-corrected chi connectivity index (χ3v) is 4.16. The highest BCUT2D eigenvalue weighted by Crippen LogP contribution is 2.28. The third kappa shape index (κ3) is 3.48. The number of rotatable bonds is 4. The first-order chi connectivity index (χ1) is 10.4. The van der Waals surface area contributed by atoms with Crippen LogP contribution in [-0.2, 0) is 16.4 Å². The second-order valence-electron chi connectivity index (χ2n) is 5.07. The predicted molar refractivity (Wildman–Crippen MR) is 91.5 cm³/mol.